The highest BCUT2D eigenvalue weighted by atomic mass is 32.2. The Balaban J connectivity index is 5.57. The molecule has 0 aliphatic rings. The molecule has 0 radical (unpaired) electrons. The average Bonchev–Trinajstić information content (AvgIpc) is 1.77. The fraction of sp³-hybridized carbons (Fsp3) is 1.00. The van der Waals surface area contributed by atoms with Gasteiger partial charge < -0.3 is 4.57 Å². The molecule has 0 spiro atoms. The van der Waals surface area contributed by atoms with Crippen LogP contribution in [0.2, 0.25) is 39.3 Å². The maximum absolute atomic E-state index is 12.9. The molecule has 4 nitrogen and oxygen atoms in total. The minimum Gasteiger partial charge on any atom is -0.332 e. The van der Waals surface area contributed by atoms with Gasteiger partial charge in [-0.1, -0.05) is 39.3 Å². The fourth-order valence-electron chi connectivity index (χ4n) is 1.62. The third kappa shape index (κ3) is 3.82. The van der Waals surface area contributed by atoms with Crippen molar-refractivity contribution < 1.29 is 17.5 Å². The van der Waals surface area contributed by atoms with Crippen LogP contribution in [-0.2, 0) is 14.7 Å². The molecule has 1 N–H and O–H groups in total. The molecule has 0 aliphatic carbocycles. The number of hydrogen-bond donors (Lipinski definition) is 1. The van der Waals surface area contributed by atoms with Crippen molar-refractivity contribution in [1.82, 2.24) is 0 Å². The first-order valence-corrected chi connectivity index (χ1v) is 16.9. The van der Waals surface area contributed by atoms with Gasteiger partial charge in [-0.2, -0.15) is 8.42 Å². The van der Waals surface area contributed by atoms with Gasteiger partial charge in [0.25, 0.3) is 10.1 Å². The van der Waals surface area contributed by atoms with Gasteiger partial charge >= 0.3 is 0 Å². The molecule has 0 aromatic heterocycles. The van der Waals surface area contributed by atoms with Crippen LogP contribution in [0.25, 0.3) is 0 Å². The molecule has 0 saturated carbocycles. The first kappa shape index (κ1) is 15.6. The summed E-state index contributed by atoms with van der Waals surface area (Å²) in [5.74, 6) is 0. The molecule has 0 bridgehead atoms. The maximum Gasteiger partial charge on any atom is 0.271 e. The zero-order valence-electron chi connectivity index (χ0n) is 10.2. The molecule has 0 unspecified atom stereocenters. The molecular formula is C7H21O4PSSi2. The van der Waals surface area contributed by atoms with E-state index in [0.717, 1.165) is 0 Å². The third-order valence-electron chi connectivity index (χ3n) is 2.51. The lowest BCUT2D eigenvalue weighted by atomic mass is 11.8. The minimum absolute atomic E-state index is 0.522. The Labute approximate surface area is 94.3 Å². The first-order chi connectivity index (χ1) is 6.21. The molecule has 8 heteroatoms. The van der Waals surface area contributed by atoms with E-state index in [0.29, 0.717) is 0 Å². The molecule has 0 fully saturated rings. The Hall–Kier alpha value is 0.574. The minimum atomic E-state index is -4.14. The molecule has 0 aromatic carbocycles. The van der Waals surface area contributed by atoms with Crippen LogP contribution in [0.4, 0.5) is 0 Å². The van der Waals surface area contributed by atoms with Gasteiger partial charge in [0.2, 0.25) is 0 Å². The van der Waals surface area contributed by atoms with Crippen LogP contribution in [0, 0.1) is 0 Å². The lowest BCUT2D eigenvalue weighted by molar-refractivity contribution is 0.488. The molecule has 0 saturated heterocycles. The van der Waals surface area contributed by atoms with Crippen molar-refractivity contribution in [3.8, 4) is 0 Å². The van der Waals surface area contributed by atoms with E-state index in [-0.39, 0.29) is 0 Å². The summed E-state index contributed by atoms with van der Waals surface area (Å²) in [6, 6.07) is 0. The van der Waals surface area contributed by atoms with Gasteiger partial charge in [0, 0.05) is 0 Å². The molecule has 0 aromatic rings. The van der Waals surface area contributed by atoms with Crippen molar-refractivity contribution in [2.24, 2.45) is 0 Å². The molecule has 92 valence electrons. The van der Waals surface area contributed by atoms with Crippen LogP contribution < -0.4 is 0 Å². The first-order valence-electron chi connectivity index (χ1n) is 4.75. The standard InChI is InChI=1S/C7H21O4PSSi2/c1-14(2,3)12(8,15(4,5)6)7-13(9,10)11/h7H2,1-6H3,(H,9,10,11). The lowest BCUT2D eigenvalue weighted by Gasteiger charge is -2.37. The van der Waals surface area contributed by atoms with Crippen molar-refractivity contribution in [2.75, 3.05) is 5.49 Å². The second-order valence-electron chi connectivity index (χ2n) is 5.79. The second-order valence-corrected chi connectivity index (χ2v) is 31.9. The highest BCUT2D eigenvalue weighted by Gasteiger charge is 2.50. The van der Waals surface area contributed by atoms with E-state index >= 15 is 0 Å². The Morgan fingerprint density at radius 1 is 1.00 bits per heavy atom. The van der Waals surface area contributed by atoms with Gasteiger partial charge in [0.05, 0.1) is 6.24 Å². The van der Waals surface area contributed by atoms with Crippen LogP contribution >= 0.6 is 6.24 Å². The summed E-state index contributed by atoms with van der Waals surface area (Å²) in [4.78, 5) is 0. The van der Waals surface area contributed by atoms with E-state index in [1.54, 1.807) is 0 Å². The molecular weight excluding hydrogens is 267 g/mol. The average molecular weight is 288 g/mol. The quantitative estimate of drug-likeness (QED) is 0.490. The topological polar surface area (TPSA) is 71.4 Å². The zero-order valence-corrected chi connectivity index (χ0v) is 13.9. The maximum atomic E-state index is 12.9. The fourth-order valence-corrected chi connectivity index (χ4v) is 42.6. The van der Waals surface area contributed by atoms with Crippen LogP contribution in [0.1, 0.15) is 0 Å². The Morgan fingerprint density at radius 3 is 1.33 bits per heavy atom. The van der Waals surface area contributed by atoms with E-state index in [2.05, 4.69) is 0 Å². The summed E-state index contributed by atoms with van der Waals surface area (Å²) in [6.07, 6.45) is -2.77. The highest BCUT2D eigenvalue weighted by molar-refractivity contribution is 8.26. The summed E-state index contributed by atoms with van der Waals surface area (Å²) in [7, 11) is -8.30. The van der Waals surface area contributed by atoms with Gasteiger partial charge in [0.1, 0.15) is 21.0 Å². The van der Waals surface area contributed by atoms with Crippen LogP contribution in [0.15, 0.2) is 0 Å². The highest BCUT2D eigenvalue weighted by Crippen LogP contribution is 2.63. The molecule has 0 amide bonds. The van der Waals surface area contributed by atoms with E-state index in [9.17, 15) is 13.0 Å². The normalized spacial score (nSPS) is 15.4. The summed E-state index contributed by atoms with van der Waals surface area (Å²) in [6.45, 7) is 11.5. The predicted octanol–water partition coefficient (Wildman–Crippen LogP) is 2.86. The van der Waals surface area contributed by atoms with E-state index in [4.69, 9.17) is 4.55 Å². The molecule has 0 aliphatic heterocycles. The zero-order chi connectivity index (χ0) is 12.7. The van der Waals surface area contributed by atoms with Gasteiger partial charge in [-0.3, -0.25) is 4.55 Å². The largest absolute Gasteiger partial charge is 0.332 e. The second kappa shape index (κ2) is 4.11. The number of hydrogen-bond acceptors (Lipinski definition) is 3. The van der Waals surface area contributed by atoms with E-state index in [1.807, 2.05) is 39.3 Å². The summed E-state index contributed by atoms with van der Waals surface area (Å²) >= 11 is 0. The monoisotopic (exact) mass is 288 g/mol. The van der Waals surface area contributed by atoms with Gasteiger partial charge in [-0.25, -0.2) is 0 Å². The van der Waals surface area contributed by atoms with E-state index < -0.39 is 37.3 Å². The van der Waals surface area contributed by atoms with Crippen LogP contribution in [0.5, 0.6) is 0 Å². The smallest absolute Gasteiger partial charge is 0.271 e. The van der Waals surface area contributed by atoms with Gasteiger partial charge in [-0.15, -0.1) is 0 Å². The lowest BCUT2D eigenvalue weighted by Crippen LogP contribution is -2.38. The van der Waals surface area contributed by atoms with Crippen molar-refractivity contribution in [3.05, 3.63) is 0 Å². The predicted molar refractivity (Wildman–Crippen MR) is 70.7 cm³/mol. The molecule has 0 rings (SSSR count). The van der Waals surface area contributed by atoms with Crippen molar-refractivity contribution in [1.29, 1.82) is 0 Å². The Kier molecular flexibility index (Phi) is 4.26. The van der Waals surface area contributed by atoms with Gasteiger partial charge in [0.15, 0.2) is 0 Å². The summed E-state index contributed by atoms with van der Waals surface area (Å²) < 4.78 is 43.7. The van der Waals surface area contributed by atoms with Crippen molar-refractivity contribution >= 4 is 31.8 Å². The SMILES string of the molecule is C[Si](C)(C)P(=O)(CS(=O)(=O)O)[Si](C)(C)C. The van der Waals surface area contributed by atoms with Crippen molar-refractivity contribution in [3.63, 3.8) is 0 Å². The van der Waals surface area contributed by atoms with Crippen LogP contribution in [0.3, 0.4) is 0 Å². The Bertz CT molecular complexity index is 359. The summed E-state index contributed by atoms with van der Waals surface area (Å²) in [5, 5.41) is 0. The number of rotatable bonds is 4. The molecule has 0 heterocycles. The Morgan fingerprint density at radius 2 is 1.27 bits per heavy atom. The van der Waals surface area contributed by atoms with E-state index in [1.165, 1.54) is 0 Å². The van der Waals surface area contributed by atoms with Crippen molar-refractivity contribution in [2.45, 2.75) is 39.3 Å². The summed E-state index contributed by atoms with van der Waals surface area (Å²) in [5.41, 5.74) is -0.522. The van der Waals surface area contributed by atoms with Gasteiger partial charge in [-0.05, 0) is 0 Å². The van der Waals surface area contributed by atoms with Crippen LogP contribution in [-0.4, -0.2) is 33.9 Å². The molecule has 0 atom stereocenters. The molecule has 15 heavy (non-hydrogen) atoms. The third-order valence-corrected chi connectivity index (χ3v) is 37.0.